The van der Waals surface area contributed by atoms with Crippen LogP contribution < -0.4 is 5.73 Å². The molecule has 0 amide bonds. The van der Waals surface area contributed by atoms with Gasteiger partial charge in [0.2, 0.25) is 5.82 Å². The summed E-state index contributed by atoms with van der Waals surface area (Å²) in [6.07, 6.45) is -0.220. The Morgan fingerprint density at radius 1 is 1.50 bits per heavy atom. The van der Waals surface area contributed by atoms with E-state index in [1.54, 1.807) is 12.1 Å². The molecule has 1 aromatic carbocycles. The normalized spacial score (nSPS) is 12.6. The van der Waals surface area contributed by atoms with E-state index in [2.05, 4.69) is 10.1 Å². The molecule has 1 atom stereocenters. The summed E-state index contributed by atoms with van der Waals surface area (Å²) in [6.45, 7) is 4.33. The Morgan fingerprint density at radius 2 is 2.28 bits per heavy atom. The molecule has 0 fully saturated rings. The van der Waals surface area contributed by atoms with Crippen molar-refractivity contribution < 1.29 is 14.4 Å². The fourth-order valence-corrected chi connectivity index (χ4v) is 1.53. The van der Waals surface area contributed by atoms with Gasteiger partial charge < -0.3 is 20.1 Å². The lowest BCUT2D eigenvalue weighted by atomic mass is 10.2. The molecule has 0 aliphatic heterocycles. The summed E-state index contributed by atoms with van der Waals surface area (Å²) in [6, 6.07) is 4.73. The molecule has 3 N–H and O–H groups in total. The molecule has 0 bridgehead atoms. The average molecular weight is 249 g/mol. The van der Waals surface area contributed by atoms with Gasteiger partial charge in [-0.1, -0.05) is 5.16 Å². The van der Waals surface area contributed by atoms with E-state index in [0.29, 0.717) is 23.9 Å². The van der Waals surface area contributed by atoms with Crippen molar-refractivity contribution in [2.24, 2.45) is 0 Å². The predicted octanol–water partition coefficient (Wildman–Crippen LogP) is 2.12. The van der Waals surface area contributed by atoms with E-state index in [0.717, 1.165) is 0 Å². The van der Waals surface area contributed by atoms with Crippen LogP contribution in [0.25, 0.3) is 11.5 Å². The third-order valence-electron chi connectivity index (χ3n) is 2.50. The van der Waals surface area contributed by atoms with Crippen molar-refractivity contribution in [2.75, 3.05) is 12.3 Å². The summed E-state index contributed by atoms with van der Waals surface area (Å²) in [5, 5.41) is 13.2. The van der Waals surface area contributed by atoms with Gasteiger partial charge in [0, 0.05) is 12.2 Å². The van der Waals surface area contributed by atoms with Gasteiger partial charge in [-0.3, -0.25) is 0 Å². The van der Waals surface area contributed by atoms with Crippen molar-refractivity contribution >= 4 is 5.69 Å². The number of nitrogens with two attached hydrogens (primary N) is 1. The largest absolute Gasteiger partial charge is 0.506 e. The maximum absolute atomic E-state index is 9.34. The zero-order valence-corrected chi connectivity index (χ0v) is 10.3. The molecule has 0 aliphatic carbocycles. The second-order valence-corrected chi connectivity index (χ2v) is 3.83. The van der Waals surface area contributed by atoms with Crippen LogP contribution in [-0.2, 0) is 4.74 Å². The number of rotatable bonds is 4. The highest BCUT2D eigenvalue weighted by atomic mass is 16.5. The second-order valence-electron chi connectivity index (χ2n) is 3.83. The first kappa shape index (κ1) is 12.4. The number of ether oxygens (including phenoxy) is 1. The number of phenolic OH excluding ortho intramolecular Hbond substituents is 1. The van der Waals surface area contributed by atoms with E-state index in [1.807, 2.05) is 13.8 Å². The Balaban J connectivity index is 2.26. The van der Waals surface area contributed by atoms with Crippen LogP contribution in [0.3, 0.4) is 0 Å². The van der Waals surface area contributed by atoms with Crippen molar-refractivity contribution in [3.05, 3.63) is 24.0 Å². The standard InChI is InChI=1S/C12H15N3O3/c1-3-17-7(2)11-14-12(18-15-11)8-4-5-10(16)9(13)6-8/h4-7,16H,3,13H2,1-2H3. The summed E-state index contributed by atoms with van der Waals surface area (Å²) >= 11 is 0. The molecule has 1 heterocycles. The maximum atomic E-state index is 9.34. The minimum atomic E-state index is -0.220. The van der Waals surface area contributed by atoms with Crippen molar-refractivity contribution in [2.45, 2.75) is 20.0 Å². The Labute approximate surface area is 104 Å². The quantitative estimate of drug-likeness (QED) is 0.636. The number of nitrogens with zero attached hydrogens (tertiary/aromatic N) is 2. The zero-order valence-electron chi connectivity index (χ0n) is 10.3. The zero-order chi connectivity index (χ0) is 13.1. The Bertz CT molecular complexity index is 539. The molecule has 1 aromatic heterocycles. The first-order valence-electron chi connectivity index (χ1n) is 5.66. The van der Waals surface area contributed by atoms with Crippen LogP contribution in [0, 0.1) is 0 Å². The molecule has 6 heteroatoms. The van der Waals surface area contributed by atoms with Gasteiger partial charge >= 0.3 is 0 Å². The molecule has 2 rings (SSSR count). The number of hydrogen-bond donors (Lipinski definition) is 2. The van der Waals surface area contributed by atoms with E-state index in [4.69, 9.17) is 15.0 Å². The van der Waals surface area contributed by atoms with Crippen LogP contribution in [0.1, 0.15) is 25.8 Å². The van der Waals surface area contributed by atoms with Crippen molar-refractivity contribution in [3.8, 4) is 17.2 Å². The molecule has 0 radical (unpaired) electrons. The lowest BCUT2D eigenvalue weighted by molar-refractivity contribution is 0.0683. The highest BCUT2D eigenvalue weighted by Gasteiger charge is 2.15. The van der Waals surface area contributed by atoms with Gasteiger partial charge in [0.25, 0.3) is 5.89 Å². The lowest BCUT2D eigenvalue weighted by Gasteiger charge is -2.04. The number of nitrogen functional groups attached to an aromatic ring is 1. The fourth-order valence-electron chi connectivity index (χ4n) is 1.53. The van der Waals surface area contributed by atoms with Crippen LogP contribution >= 0.6 is 0 Å². The second kappa shape index (κ2) is 5.05. The number of hydrogen-bond acceptors (Lipinski definition) is 6. The highest BCUT2D eigenvalue weighted by Crippen LogP contribution is 2.27. The summed E-state index contributed by atoms with van der Waals surface area (Å²) < 4.78 is 10.5. The molecule has 2 aromatic rings. The highest BCUT2D eigenvalue weighted by molar-refractivity contribution is 5.64. The number of aromatic hydroxyl groups is 1. The molecular weight excluding hydrogens is 234 g/mol. The van der Waals surface area contributed by atoms with Crippen LogP contribution in [0.2, 0.25) is 0 Å². The fraction of sp³-hybridized carbons (Fsp3) is 0.333. The van der Waals surface area contributed by atoms with Crippen LogP contribution in [-0.4, -0.2) is 21.9 Å². The average Bonchev–Trinajstić information content (AvgIpc) is 2.82. The van der Waals surface area contributed by atoms with Gasteiger partial charge in [0.1, 0.15) is 11.9 Å². The molecular formula is C12H15N3O3. The molecule has 18 heavy (non-hydrogen) atoms. The first-order valence-corrected chi connectivity index (χ1v) is 5.66. The number of anilines is 1. The van der Waals surface area contributed by atoms with E-state index in [9.17, 15) is 5.11 Å². The smallest absolute Gasteiger partial charge is 0.258 e. The summed E-state index contributed by atoms with van der Waals surface area (Å²) in [5.74, 6) is 0.864. The first-order chi connectivity index (χ1) is 8.61. The van der Waals surface area contributed by atoms with Gasteiger partial charge in [-0.25, -0.2) is 0 Å². The summed E-state index contributed by atoms with van der Waals surface area (Å²) in [4.78, 5) is 4.23. The molecule has 1 unspecified atom stereocenters. The minimum Gasteiger partial charge on any atom is -0.506 e. The third-order valence-corrected chi connectivity index (χ3v) is 2.50. The van der Waals surface area contributed by atoms with Crippen LogP contribution in [0.5, 0.6) is 5.75 Å². The number of aromatic nitrogens is 2. The molecule has 0 saturated heterocycles. The van der Waals surface area contributed by atoms with E-state index >= 15 is 0 Å². The summed E-state index contributed by atoms with van der Waals surface area (Å²) in [5.41, 5.74) is 6.54. The van der Waals surface area contributed by atoms with Crippen LogP contribution in [0.15, 0.2) is 22.7 Å². The number of phenols is 1. The van der Waals surface area contributed by atoms with Gasteiger partial charge in [-0.05, 0) is 32.0 Å². The van der Waals surface area contributed by atoms with E-state index < -0.39 is 0 Å². The van der Waals surface area contributed by atoms with Gasteiger partial charge in [-0.15, -0.1) is 0 Å². The maximum Gasteiger partial charge on any atom is 0.258 e. The SMILES string of the molecule is CCOC(C)c1noc(-c2ccc(O)c(N)c2)n1. The Kier molecular flexibility index (Phi) is 3.47. The third kappa shape index (κ3) is 2.43. The van der Waals surface area contributed by atoms with E-state index in [1.165, 1.54) is 6.07 Å². The monoisotopic (exact) mass is 249 g/mol. The van der Waals surface area contributed by atoms with Gasteiger partial charge in [0.15, 0.2) is 0 Å². The van der Waals surface area contributed by atoms with Gasteiger partial charge in [0.05, 0.1) is 5.69 Å². The van der Waals surface area contributed by atoms with Gasteiger partial charge in [-0.2, -0.15) is 4.98 Å². The minimum absolute atomic E-state index is 0.0289. The molecule has 96 valence electrons. The Hall–Kier alpha value is -2.08. The molecule has 0 aliphatic rings. The lowest BCUT2D eigenvalue weighted by Crippen LogP contribution is -2.01. The number of benzene rings is 1. The summed E-state index contributed by atoms with van der Waals surface area (Å²) in [7, 11) is 0. The molecule has 6 nitrogen and oxygen atoms in total. The van der Waals surface area contributed by atoms with Crippen LogP contribution in [0.4, 0.5) is 5.69 Å². The van der Waals surface area contributed by atoms with Crippen molar-refractivity contribution in [1.29, 1.82) is 0 Å². The Morgan fingerprint density at radius 3 is 2.94 bits per heavy atom. The van der Waals surface area contributed by atoms with Crippen molar-refractivity contribution in [3.63, 3.8) is 0 Å². The molecule has 0 saturated carbocycles. The van der Waals surface area contributed by atoms with Crippen molar-refractivity contribution in [1.82, 2.24) is 10.1 Å². The van der Waals surface area contributed by atoms with E-state index in [-0.39, 0.29) is 17.5 Å². The molecule has 0 spiro atoms. The predicted molar refractivity (Wildman–Crippen MR) is 65.9 cm³/mol. The topological polar surface area (TPSA) is 94.4 Å².